The number of benzene rings is 6. The first kappa shape index (κ1) is 29.0. The third-order valence-corrected chi connectivity index (χ3v) is 7.24. The van der Waals surface area contributed by atoms with E-state index in [0.29, 0.717) is 22.6 Å². The molecule has 0 aliphatic rings. The first-order valence-corrected chi connectivity index (χ1v) is 14.5. The zero-order valence-electron chi connectivity index (χ0n) is 24.4. The van der Waals surface area contributed by atoms with Crippen LogP contribution >= 0.6 is 0 Å². The Kier molecular flexibility index (Phi) is 8.94. The summed E-state index contributed by atoms with van der Waals surface area (Å²) >= 11 is 0. The average Bonchev–Trinajstić information content (AvgIpc) is 3.11. The molecule has 0 aromatic heterocycles. The van der Waals surface area contributed by atoms with Crippen LogP contribution in [0.4, 0.5) is 34.1 Å². The molecule has 0 spiro atoms. The molecule has 6 nitrogen and oxygen atoms in total. The van der Waals surface area contributed by atoms with Gasteiger partial charge in [0.2, 0.25) is 6.79 Å². The van der Waals surface area contributed by atoms with E-state index in [1.54, 1.807) is 0 Å². The second kappa shape index (κ2) is 13.9. The Morgan fingerprint density at radius 3 is 0.978 bits per heavy atom. The molecule has 0 saturated carbocycles. The zero-order chi connectivity index (χ0) is 30.8. The third kappa shape index (κ3) is 6.92. The zero-order valence-corrected chi connectivity index (χ0v) is 24.4. The lowest BCUT2D eigenvalue weighted by Crippen LogP contribution is -2.10. The molecule has 0 atom stereocenters. The number of hydrogen-bond donors (Lipinski definition) is 0. The van der Waals surface area contributed by atoms with E-state index in [0.717, 1.165) is 46.7 Å². The highest BCUT2D eigenvalue weighted by Crippen LogP contribution is 2.36. The van der Waals surface area contributed by atoms with Gasteiger partial charge < -0.3 is 19.3 Å². The predicted molar refractivity (Wildman–Crippen MR) is 179 cm³/mol. The molecule has 45 heavy (non-hydrogen) atoms. The molecular weight excluding hydrogens is 560 g/mol. The number of rotatable bonds is 12. The standard InChI is InChI=1S/C39H30N2O4/c42-27-30-11-15-34(16-12-30)40(32-7-3-1-4-8-32)36-19-23-38(24-20-36)44-29-45-39-25-21-37(22-26-39)41(33-9-5-2-6-10-33)35-17-13-31(28-43)14-18-35/h1-28H,29H2. The molecule has 0 unspecified atom stereocenters. The fourth-order valence-electron chi connectivity index (χ4n) is 5.00. The molecule has 0 amide bonds. The number of carbonyl (C=O) groups excluding carboxylic acids is 2. The lowest BCUT2D eigenvalue weighted by molar-refractivity contribution is 0.111. The molecular formula is C39H30N2O4. The Balaban J connectivity index is 1.13. The van der Waals surface area contributed by atoms with E-state index in [9.17, 15) is 9.59 Å². The molecule has 0 saturated heterocycles. The van der Waals surface area contributed by atoms with Gasteiger partial charge in [-0.25, -0.2) is 0 Å². The lowest BCUT2D eigenvalue weighted by Gasteiger charge is -2.26. The van der Waals surface area contributed by atoms with Gasteiger partial charge in [-0.2, -0.15) is 0 Å². The fraction of sp³-hybridized carbons (Fsp3) is 0.0256. The quantitative estimate of drug-likeness (QED) is 0.104. The summed E-state index contributed by atoms with van der Waals surface area (Å²) in [5, 5.41) is 0. The molecule has 0 radical (unpaired) electrons. The van der Waals surface area contributed by atoms with Gasteiger partial charge in [-0.05, 0) is 121 Å². The summed E-state index contributed by atoms with van der Waals surface area (Å²) in [5.74, 6) is 1.35. The highest BCUT2D eigenvalue weighted by molar-refractivity contribution is 5.81. The van der Waals surface area contributed by atoms with Crippen LogP contribution in [0.5, 0.6) is 11.5 Å². The van der Waals surface area contributed by atoms with Crippen molar-refractivity contribution >= 4 is 46.7 Å². The SMILES string of the molecule is O=Cc1ccc(N(c2ccccc2)c2ccc(OCOc3ccc(N(c4ccccc4)c4ccc(C=O)cc4)cc3)cc2)cc1. The number of hydrogen-bond acceptors (Lipinski definition) is 6. The van der Waals surface area contributed by atoms with Gasteiger partial charge in [0, 0.05) is 45.3 Å². The van der Waals surface area contributed by atoms with Crippen molar-refractivity contribution in [3.05, 3.63) is 169 Å². The molecule has 0 N–H and O–H groups in total. The van der Waals surface area contributed by atoms with Gasteiger partial charge in [0.25, 0.3) is 0 Å². The van der Waals surface area contributed by atoms with Crippen molar-refractivity contribution in [3.63, 3.8) is 0 Å². The maximum Gasteiger partial charge on any atom is 0.230 e. The molecule has 6 heteroatoms. The number of ether oxygens (including phenoxy) is 2. The second-order valence-electron chi connectivity index (χ2n) is 10.2. The minimum absolute atomic E-state index is 0.0454. The number of aldehydes is 2. The Morgan fingerprint density at radius 2 is 0.667 bits per heavy atom. The van der Waals surface area contributed by atoms with Gasteiger partial charge in [0.15, 0.2) is 0 Å². The van der Waals surface area contributed by atoms with Gasteiger partial charge in [-0.15, -0.1) is 0 Å². The monoisotopic (exact) mass is 590 g/mol. The Morgan fingerprint density at radius 1 is 0.378 bits per heavy atom. The van der Waals surface area contributed by atoms with Crippen molar-refractivity contribution in [2.75, 3.05) is 16.6 Å². The molecule has 0 aliphatic carbocycles. The minimum atomic E-state index is 0.0454. The summed E-state index contributed by atoms with van der Waals surface area (Å²) in [4.78, 5) is 26.6. The third-order valence-electron chi connectivity index (χ3n) is 7.24. The largest absolute Gasteiger partial charge is 0.458 e. The van der Waals surface area contributed by atoms with Crippen molar-refractivity contribution in [1.82, 2.24) is 0 Å². The maximum atomic E-state index is 11.2. The number of para-hydroxylation sites is 2. The number of carbonyl (C=O) groups is 2. The van der Waals surface area contributed by atoms with Crippen LogP contribution in [0.3, 0.4) is 0 Å². The summed E-state index contributed by atoms with van der Waals surface area (Å²) in [5.41, 5.74) is 7.04. The molecule has 0 aliphatic heterocycles. The Bertz CT molecular complexity index is 1690. The van der Waals surface area contributed by atoms with Crippen LogP contribution in [0, 0.1) is 0 Å². The molecule has 0 fully saturated rings. The first-order chi connectivity index (χ1) is 22.2. The summed E-state index contributed by atoms with van der Waals surface area (Å²) in [6.45, 7) is 0.0454. The van der Waals surface area contributed by atoms with Gasteiger partial charge in [0.1, 0.15) is 24.1 Å². The van der Waals surface area contributed by atoms with E-state index in [-0.39, 0.29) is 6.79 Å². The Hall–Kier alpha value is -6.14. The number of anilines is 6. The van der Waals surface area contributed by atoms with Gasteiger partial charge in [-0.1, -0.05) is 36.4 Å². The van der Waals surface area contributed by atoms with Crippen molar-refractivity contribution in [3.8, 4) is 11.5 Å². The van der Waals surface area contributed by atoms with Gasteiger partial charge >= 0.3 is 0 Å². The van der Waals surface area contributed by atoms with E-state index in [2.05, 4.69) is 9.80 Å². The lowest BCUT2D eigenvalue weighted by atomic mass is 10.1. The van der Waals surface area contributed by atoms with Crippen LogP contribution in [0.25, 0.3) is 0 Å². The van der Waals surface area contributed by atoms with Gasteiger partial charge in [0.05, 0.1) is 0 Å². The van der Waals surface area contributed by atoms with Gasteiger partial charge in [-0.3, -0.25) is 9.59 Å². The van der Waals surface area contributed by atoms with Crippen LogP contribution in [0.2, 0.25) is 0 Å². The van der Waals surface area contributed by atoms with E-state index in [1.807, 2.05) is 158 Å². The number of nitrogens with zero attached hydrogens (tertiary/aromatic N) is 2. The van der Waals surface area contributed by atoms with E-state index in [4.69, 9.17) is 9.47 Å². The van der Waals surface area contributed by atoms with Crippen molar-refractivity contribution in [2.24, 2.45) is 0 Å². The van der Waals surface area contributed by atoms with Crippen LogP contribution < -0.4 is 19.3 Å². The van der Waals surface area contributed by atoms with E-state index < -0.39 is 0 Å². The predicted octanol–water partition coefficient (Wildman–Crippen LogP) is 9.67. The Labute approximate surface area is 262 Å². The fourth-order valence-corrected chi connectivity index (χ4v) is 5.00. The van der Waals surface area contributed by atoms with Crippen LogP contribution in [-0.2, 0) is 0 Å². The average molecular weight is 591 g/mol. The first-order valence-electron chi connectivity index (χ1n) is 14.5. The summed E-state index contributed by atoms with van der Waals surface area (Å²) in [6, 6.07) is 50.7. The topological polar surface area (TPSA) is 59.1 Å². The molecule has 220 valence electrons. The molecule has 0 bridgehead atoms. The highest BCUT2D eigenvalue weighted by atomic mass is 16.7. The molecule has 6 rings (SSSR count). The summed E-state index contributed by atoms with van der Waals surface area (Å²) in [7, 11) is 0. The normalized spacial score (nSPS) is 10.5. The summed E-state index contributed by atoms with van der Waals surface area (Å²) < 4.78 is 11.8. The molecule has 0 heterocycles. The van der Waals surface area contributed by atoms with Crippen molar-refractivity contribution < 1.29 is 19.1 Å². The van der Waals surface area contributed by atoms with E-state index in [1.165, 1.54) is 0 Å². The van der Waals surface area contributed by atoms with Crippen LogP contribution in [0.1, 0.15) is 20.7 Å². The smallest absolute Gasteiger partial charge is 0.230 e. The van der Waals surface area contributed by atoms with Crippen LogP contribution in [-0.4, -0.2) is 19.4 Å². The minimum Gasteiger partial charge on any atom is -0.458 e. The molecule has 6 aromatic carbocycles. The van der Waals surface area contributed by atoms with Crippen molar-refractivity contribution in [1.29, 1.82) is 0 Å². The van der Waals surface area contributed by atoms with E-state index >= 15 is 0 Å². The molecule has 6 aromatic rings. The van der Waals surface area contributed by atoms with Crippen molar-refractivity contribution in [2.45, 2.75) is 0 Å². The highest BCUT2D eigenvalue weighted by Gasteiger charge is 2.14. The maximum absolute atomic E-state index is 11.2. The van der Waals surface area contributed by atoms with Crippen LogP contribution in [0.15, 0.2) is 158 Å². The summed E-state index contributed by atoms with van der Waals surface area (Å²) in [6.07, 6.45) is 1.69. The second-order valence-corrected chi connectivity index (χ2v) is 10.2.